The van der Waals surface area contributed by atoms with Gasteiger partial charge in [0.15, 0.2) is 15.5 Å². The molecule has 1 aromatic heterocycles. The Labute approximate surface area is 159 Å². The van der Waals surface area contributed by atoms with Crippen molar-refractivity contribution in [3.05, 3.63) is 35.5 Å². The van der Waals surface area contributed by atoms with Gasteiger partial charge in [0, 0.05) is 11.1 Å². The number of ether oxygens (including phenoxy) is 1. The minimum atomic E-state index is -3.51. The summed E-state index contributed by atoms with van der Waals surface area (Å²) in [5, 5.41) is 4.62. The Hall–Kier alpha value is -2.15. The highest BCUT2D eigenvalue weighted by Gasteiger charge is 2.37. The Morgan fingerprint density at radius 1 is 1.19 bits per heavy atom. The molecule has 1 saturated carbocycles. The molecule has 1 aromatic carbocycles. The monoisotopic (exact) mass is 388 g/mol. The van der Waals surface area contributed by atoms with E-state index in [1.807, 2.05) is 16.8 Å². The number of nitrogens with zero attached hydrogens (tertiary/aromatic N) is 2. The van der Waals surface area contributed by atoms with Gasteiger partial charge in [-0.25, -0.2) is 13.2 Å². The van der Waals surface area contributed by atoms with Gasteiger partial charge in [-0.15, -0.1) is 0 Å². The van der Waals surface area contributed by atoms with Crippen molar-refractivity contribution in [1.29, 1.82) is 0 Å². The highest BCUT2D eigenvalue weighted by Crippen LogP contribution is 2.42. The van der Waals surface area contributed by atoms with Crippen LogP contribution >= 0.6 is 0 Å². The second-order valence-corrected chi connectivity index (χ2v) is 9.20. The lowest BCUT2D eigenvalue weighted by molar-refractivity contribution is 0.0517. The van der Waals surface area contributed by atoms with Crippen LogP contribution in [0, 0.1) is 0 Å². The van der Waals surface area contributed by atoms with E-state index < -0.39 is 15.8 Å². The Morgan fingerprint density at radius 3 is 2.59 bits per heavy atom. The predicted octanol–water partition coefficient (Wildman–Crippen LogP) is 3.91. The molecule has 0 radical (unpaired) electrons. The molecule has 0 atom stereocenters. The molecule has 2 heterocycles. The lowest BCUT2D eigenvalue weighted by Crippen LogP contribution is -2.17. The van der Waals surface area contributed by atoms with Crippen molar-refractivity contribution in [2.24, 2.45) is 0 Å². The van der Waals surface area contributed by atoms with E-state index in [0.29, 0.717) is 16.0 Å². The largest absolute Gasteiger partial charge is 0.461 e. The van der Waals surface area contributed by atoms with Crippen molar-refractivity contribution in [2.45, 2.75) is 62.1 Å². The maximum atomic E-state index is 12.8. The number of fused-ring (bicyclic) bond motifs is 3. The zero-order valence-corrected chi connectivity index (χ0v) is 16.3. The lowest BCUT2D eigenvalue weighted by Gasteiger charge is -2.23. The SMILES string of the molecule is CCOC(=O)c1nn(C2CCCCCC2)c2c1CS(=O)(=O)c1ccccc1-2. The third-order valence-electron chi connectivity index (χ3n) is 5.46. The minimum Gasteiger partial charge on any atom is -0.461 e. The second kappa shape index (κ2) is 7.11. The first-order chi connectivity index (χ1) is 13.0. The number of carbonyl (C=O) groups excluding carboxylic acids is 1. The quantitative estimate of drug-likeness (QED) is 0.588. The first-order valence-corrected chi connectivity index (χ1v) is 11.3. The predicted molar refractivity (Wildman–Crippen MR) is 101 cm³/mol. The van der Waals surface area contributed by atoms with E-state index in [0.717, 1.165) is 31.4 Å². The van der Waals surface area contributed by atoms with Crippen molar-refractivity contribution in [3.63, 3.8) is 0 Å². The molecule has 1 fully saturated rings. The third-order valence-corrected chi connectivity index (χ3v) is 7.15. The summed E-state index contributed by atoms with van der Waals surface area (Å²) in [5.41, 5.74) is 2.05. The molecule has 1 aliphatic carbocycles. The normalized spacial score (nSPS) is 19.0. The summed E-state index contributed by atoms with van der Waals surface area (Å²) in [6, 6.07) is 7.20. The smallest absolute Gasteiger partial charge is 0.359 e. The number of sulfone groups is 1. The highest BCUT2D eigenvalue weighted by atomic mass is 32.2. The zero-order valence-electron chi connectivity index (χ0n) is 15.5. The third kappa shape index (κ3) is 3.18. The number of aromatic nitrogens is 2. The molecular weight excluding hydrogens is 364 g/mol. The van der Waals surface area contributed by atoms with Gasteiger partial charge in [0.25, 0.3) is 0 Å². The van der Waals surface area contributed by atoms with E-state index in [1.165, 1.54) is 12.8 Å². The van der Waals surface area contributed by atoms with E-state index >= 15 is 0 Å². The number of hydrogen-bond donors (Lipinski definition) is 0. The molecule has 0 amide bonds. The Bertz CT molecular complexity index is 970. The van der Waals surface area contributed by atoms with Crippen molar-refractivity contribution in [3.8, 4) is 11.3 Å². The topological polar surface area (TPSA) is 78.3 Å². The molecule has 0 unspecified atom stereocenters. The fourth-order valence-electron chi connectivity index (χ4n) is 4.22. The number of rotatable bonds is 3. The van der Waals surface area contributed by atoms with Gasteiger partial charge in [0.2, 0.25) is 0 Å². The minimum absolute atomic E-state index is 0.147. The van der Waals surface area contributed by atoms with Crippen LogP contribution in [0.25, 0.3) is 11.3 Å². The summed E-state index contributed by atoms with van der Waals surface area (Å²) < 4.78 is 32.7. The van der Waals surface area contributed by atoms with Crippen LogP contribution in [-0.2, 0) is 20.3 Å². The van der Waals surface area contributed by atoms with Crippen LogP contribution in [0.1, 0.15) is 67.5 Å². The average Bonchev–Trinajstić information content (AvgIpc) is 2.82. The van der Waals surface area contributed by atoms with Gasteiger partial charge in [-0.1, -0.05) is 43.9 Å². The van der Waals surface area contributed by atoms with Crippen LogP contribution < -0.4 is 0 Å². The van der Waals surface area contributed by atoms with Gasteiger partial charge in [0.05, 0.1) is 29.0 Å². The van der Waals surface area contributed by atoms with Gasteiger partial charge >= 0.3 is 5.97 Å². The Balaban J connectivity index is 1.94. The van der Waals surface area contributed by atoms with E-state index in [9.17, 15) is 13.2 Å². The first kappa shape index (κ1) is 18.2. The van der Waals surface area contributed by atoms with Gasteiger partial charge in [0.1, 0.15) is 0 Å². The standard InChI is InChI=1S/C20H24N2O4S/c1-2-26-20(23)18-16-13-27(24,25)17-12-8-7-11-15(17)19(16)22(21-18)14-9-5-3-4-6-10-14/h7-8,11-12,14H,2-6,9-10,13H2,1H3. The molecular formula is C20H24N2O4S. The molecule has 0 bridgehead atoms. The molecule has 0 N–H and O–H groups in total. The van der Waals surface area contributed by atoms with E-state index in [2.05, 4.69) is 5.10 Å². The average molecular weight is 388 g/mol. The number of hydrogen-bond acceptors (Lipinski definition) is 5. The molecule has 6 nitrogen and oxygen atoms in total. The van der Waals surface area contributed by atoms with Gasteiger partial charge in [-0.3, -0.25) is 4.68 Å². The molecule has 4 rings (SSSR count). The fraction of sp³-hybridized carbons (Fsp3) is 0.500. The molecule has 7 heteroatoms. The van der Waals surface area contributed by atoms with E-state index in [1.54, 1.807) is 19.1 Å². The van der Waals surface area contributed by atoms with Crippen LogP contribution in [0.2, 0.25) is 0 Å². The first-order valence-electron chi connectivity index (χ1n) is 9.63. The number of carbonyl (C=O) groups is 1. The van der Waals surface area contributed by atoms with Crippen LogP contribution in [0.15, 0.2) is 29.2 Å². The van der Waals surface area contributed by atoms with Crippen LogP contribution in [0.3, 0.4) is 0 Å². The van der Waals surface area contributed by atoms with Gasteiger partial charge in [-0.05, 0) is 25.8 Å². The van der Waals surface area contributed by atoms with Gasteiger partial charge in [-0.2, -0.15) is 5.10 Å². The summed E-state index contributed by atoms with van der Waals surface area (Å²) in [5.74, 6) is -0.754. The van der Waals surface area contributed by atoms with Crippen molar-refractivity contribution in [1.82, 2.24) is 9.78 Å². The van der Waals surface area contributed by atoms with Crippen molar-refractivity contribution in [2.75, 3.05) is 6.61 Å². The second-order valence-electron chi connectivity index (χ2n) is 7.24. The van der Waals surface area contributed by atoms with Crippen LogP contribution in [0.4, 0.5) is 0 Å². The molecule has 2 aromatic rings. The fourth-order valence-corrected chi connectivity index (χ4v) is 5.82. The maximum absolute atomic E-state index is 12.8. The number of esters is 1. The molecule has 0 saturated heterocycles. The Kier molecular flexibility index (Phi) is 4.80. The molecule has 144 valence electrons. The highest BCUT2D eigenvalue weighted by molar-refractivity contribution is 7.90. The summed E-state index contributed by atoms with van der Waals surface area (Å²) in [4.78, 5) is 12.8. The Morgan fingerprint density at radius 2 is 1.89 bits per heavy atom. The zero-order chi connectivity index (χ0) is 19.0. The van der Waals surface area contributed by atoms with E-state index in [4.69, 9.17) is 4.74 Å². The summed E-state index contributed by atoms with van der Waals surface area (Å²) in [6.07, 6.45) is 6.63. The molecule has 0 spiro atoms. The van der Waals surface area contributed by atoms with Crippen LogP contribution in [0.5, 0.6) is 0 Å². The van der Waals surface area contributed by atoms with Crippen molar-refractivity contribution >= 4 is 15.8 Å². The van der Waals surface area contributed by atoms with Crippen molar-refractivity contribution < 1.29 is 17.9 Å². The van der Waals surface area contributed by atoms with E-state index in [-0.39, 0.29) is 24.1 Å². The lowest BCUT2D eigenvalue weighted by atomic mass is 10.0. The summed E-state index contributed by atoms with van der Waals surface area (Å²) in [7, 11) is -3.51. The van der Waals surface area contributed by atoms with Crippen LogP contribution in [-0.4, -0.2) is 30.8 Å². The maximum Gasteiger partial charge on any atom is 0.359 e. The molecule has 2 aliphatic rings. The molecule has 1 aliphatic heterocycles. The van der Waals surface area contributed by atoms with Gasteiger partial charge < -0.3 is 4.74 Å². The summed E-state index contributed by atoms with van der Waals surface area (Å²) in [6.45, 7) is 1.96. The molecule has 27 heavy (non-hydrogen) atoms. The summed E-state index contributed by atoms with van der Waals surface area (Å²) >= 11 is 0. The number of benzene rings is 1.